The fourth-order valence-electron chi connectivity index (χ4n) is 1.84. The van der Waals surface area contributed by atoms with Gasteiger partial charge in [-0.15, -0.1) is 0 Å². The molecule has 0 saturated carbocycles. The number of fused-ring (bicyclic) bond motifs is 2. The summed E-state index contributed by atoms with van der Waals surface area (Å²) in [6, 6.07) is 17.1. The lowest BCUT2D eigenvalue weighted by atomic mass is 10.0. The molecule has 0 aromatic heterocycles. The van der Waals surface area contributed by atoms with Crippen LogP contribution in [0.4, 0.5) is 0 Å². The first-order valence-electron chi connectivity index (χ1n) is 4.41. The van der Waals surface area contributed by atoms with Crippen LogP contribution >= 0.6 is 9.47 Å². The van der Waals surface area contributed by atoms with Gasteiger partial charge in [-0.2, -0.15) is 0 Å². The molecule has 1 nitrogen and oxygen atoms in total. The van der Waals surface area contributed by atoms with Gasteiger partial charge in [0.2, 0.25) is 0 Å². The van der Waals surface area contributed by atoms with Crippen molar-refractivity contribution in [1.82, 2.24) is 0 Å². The molecule has 0 amide bonds. The van der Waals surface area contributed by atoms with E-state index < -0.39 is 0 Å². The van der Waals surface area contributed by atoms with Gasteiger partial charge in [-0.25, -0.2) is 0 Å². The lowest BCUT2D eigenvalue weighted by molar-refractivity contribution is 0.664. The minimum atomic E-state index is 1.40. The van der Waals surface area contributed by atoms with Crippen molar-refractivity contribution in [2.24, 2.45) is 0 Å². The van der Waals surface area contributed by atoms with Crippen LogP contribution in [-0.2, 0) is 0 Å². The molecule has 70 valence electrons. The van der Waals surface area contributed by atoms with Gasteiger partial charge in [0.05, 0.1) is 0 Å². The highest BCUT2D eigenvalue weighted by Crippen LogP contribution is 2.11. The number of hydrogen-bond acceptors (Lipinski definition) is 1. The summed E-state index contributed by atoms with van der Waals surface area (Å²) in [4.78, 5) is 6.92. The lowest BCUT2D eigenvalue weighted by Crippen LogP contribution is -1.88. The molecule has 0 saturated heterocycles. The van der Waals surface area contributed by atoms with Crippen LogP contribution in [0.5, 0.6) is 0 Å². The molecule has 2 heteroatoms. The van der Waals surface area contributed by atoms with E-state index in [0.717, 1.165) is 0 Å². The lowest BCUT2D eigenvalue weighted by Gasteiger charge is -2.02. The third-order valence-electron chi connectivity index (χ3n) is 2.43. The van der Waals surface area contributed by atoms with E-state index in [-0.39, 0.29) is 0 Å². The number of rotatable bonds is 0. The molecule has 0 heterocycles. The zero-order valence-corrected chi connectivity index (χ0v) is 8.80. The Bertz CT molecular complexity index is 485. The van der Waals surface area contributed by atoms with Crippen molar-refractivity contribution in [3.05, 3.63) is 69.4 Å². The second-order valence-electron chi connectivity index (χ2n) is 3.09. The van der Waals surface area contributed by atoms with Crippen molar-refractivity contribution in [1.29, 1.82) is 0 Å². The van der Waals surface area contributed by atoms with Crippen LogP contribution < -0.4 is 0 Å². The Morgan fingerprint density at radius 2 is 0.786 bits per heavy atom. The predicted octanol–water partition coefficient (Wildman–Crippen LogP) is 2.34. The fourth-order valence-corrected chi connectivity index (χ4v) is 1.84. The van der Waals surface area contributed by atoms with Crippen LogP contribution in [0.1, 0.15) is 0 Å². The normalized spacial score (nSPS) is 10.1. The second-order valence-corrected chi connectivity index (χ2v) is 3.09. The van der Waals surface area contributed by atoms with Crippen LogP contribution in [0.15, 0.2) is 48.5 Å². The largest absolute Gasteiger partial charge is 0.380 e. The molecule has 0 radical (unpaired) electrons. The average Bonchev–Trinajstić information content (AvgIpc) is 2.29. The molecule has 1 N–H and O–H groups in total. The Balaban J connectivity index is 0.000000354. The van der Waals surface area contributed by atoms with Gasteiger partial charge < -0.3 is 4.89 Å². The SMILES string of the molecule is OP.c1ccc2c(c1)=c1ccccc1=2. The van der Waals surface area contributed by atoms with Gasteiger partial charge in [-0.05, 0) is 30.3 Å². The van der Waals surface area contributed by atoms with Crippen molar-refractivity contribution >= 4 is 9.47 Å². The molecule has 0 bridgehead atoms. The van der Waals surface area contributed by atoms with Crippen molar-refractivity contribution in [2.45, 2.75) is 0 Å². The van der Waals surface area contributed by atoms with E-state index >= 15 is 0 Å². The van der Waals surface area contributed by atoms with Crippen LogP contribution in [-0.4, -0.2) is 4.89 Å². The van der Waals surface area contributed by atoms with E-state index in [1.165, 1.54) is 30.3 Å². The number of benzene rings is 2. The zero-order valence-electron chi connectivity index (χ0n) is 7.64. The standard InChI is InChI=1S/C12H8.H3OP/c1-2-6-10-9(5-1)11-7-3-4-8-12(10)11;1-2/h1-8H;1H,2H2. The summed E-state index contributed by atoms with van der Waals surface area (Å²) in [6.07, 6.45) is 0. The van der Waals surface area contributed by atoms with Crippen LogP contribution in [0, 0.1) is 20.9 Å². The summed E-state index contributed by atoms with van der Waals surface area (Å²) in [5, 5.41) is 5.59. The van der Waals surface area contributed by atoms with Gasteiger partial charge in [0.25, 0.3) is 0 Å². The van der Waals surface area contributed by atoms with Gasteiger partial charge >= 0.3 is 0 Å². The van der Waals surface area contributed by atoms with E-state index in [0.29, 0.717) is 0 Å². The van der Waals surface area contributed by atoms with Crippen molar-refractivity contribution in [3.8, 4) is 0 Å². The summed E-state index contributed by atoms with van der Waals surface area (Å²) in [6.45, 7) is 0. The first kappa shape index (κ1) is 9.39. The van der Waals surface area contributed by atoms with Crippen molar-refractivity contribution in [3.63, 3.8) is 0 Å². The third-order valence-corrected chi connectivity index (χ3v) is 2.43. The zero-order chi connectivity index (χ0) is 9.97. The fraction of sp³-hybridized carbons (Fsp3) is 0. The second kappa shape index (κ2) is 3.91. The molecule has 0 fully saturated rings. The van der Waals surface area contributed by atoms with Crippen LogP contribution in [0.25, 0.3) is 0 Å². The Morgan fingerprint density at radius 3 is 1.00 bits per heavy atom. The molecule has 1 aliphatic carbocycles. The summed E-state index contributed by atoms with van der Waals surface area (Å²) < 4.78 is 0. The first-order chi connectivity index (χ1) is 6.97. The summed E-state index contributed by atoms with van der Waals surface area (Å²) in [7, 11) is 1.42. The van der Waals surface area contributed by atoms with Gasteiger partial charge in [0.1, 0.15) is 0 Å². The summed E-state index contributed by atoms with van der Waals surface area (Å²) in [5.41, 5.74) is 0. The molecule has 0 aliphatic heterocycles. The van der Waals surface area contributed by atoms with Crippen molar-refractivity contribution in [2.75, 3.05) is 0 Å². The van der Waals surface area contributed by atoms with Crippen LogP contribution in [0.3, 0.4) is 0 Å². The molecule has 0 spiro atoms. The summed E-state index contributed by atoms with van der Waals surface area (Å²) in [5.74, 6) is 0. The highest BCUT2D eigenvalue weighted by molar-refractivity contribution is 7.08. The first-order valence-corrected chi connectivity index (χ1v) is 4.93. The van der Waals surface area contributed by atoms with Gasteiger partial charge in [-0.1, -0.05) is 48.5 Å². The van der Waals surface area contributed by atoms with E-state index in [4.69, 9.17) is 4.89 Å². The Labute approximate surface area is 84.3 Å². The third kappa shape index (κ3) is 1.26. The molecule has 2 aromatic carbocycles. The Hall–Kier alpha value is -1.17. The van der Waals surface area contributed by atoms with Crippen LogP contribution in [0.2, 0.25) is 0 Å². The average molecular weight is 202 g/mol. The minimum Gasteiger partial charge on any atom is -0.380 e. The van der Waals surface area contributed by atoms with Gasteiger partial charge in [0.15, 0.2) is 0 Å². The van der Waals surface area contributed by atoms with E-state index in [9.17, 15) is 0 Å². The molecule has 3 rings (SSSR count). The van der Waals surface area contributed by atoms with E-state index in [2.05, 4.69) is 48.5 Å². The quantitative estimate of drug-likeness (QED) is 0.555. The monoisotopic (exact) mass is 202 g/mol. The number of hydrogen-bond donors (Lipinski definition) is 1. The highest BCUT2D eigenvalue weighted by Gasteiger charge is 1.97. The summed E-state index contributed by atoms with van der Waals surface area (Å²) >= 11 is 0. The van der Waals surface area contributed by atoms with E-state index in [1.807, 2.05) is 0 Å². The topological polar surface area (TPSA) is 20.2 Å². The molecular weight excluding hydrogens is 191 g/mol. The highest BCUT2D eigenvalue weighted by atomic mass is 31.0. The smallest absolute Gasteiger partial charge is 0.00391 e. The molecule has 1 aliphatic rings. The molecule has 2 aromatic rings. The Kier molecular flexibility index (Phi) is 2.62. The molecule has 14 heavy (non-hydrogen) atoms. The Morgan fingerprint density at radius 1 is 0.571 bits per heavy atom. The molecule has 1 atom stereocenters. The maximum atomic E-state index is 6.92. The molecular formula is C12H11OP. The maximum absolute atomic E-state index is 6.92. The van der Waals surface area contributed by atoms with Gasteiger partial charge in [0, 0.05) is 0 Å². The van der Waals surface area contributed by atoms with Gasteiger partial charge in [-0.3, -0.25) is 0 Å². The molecule has 1 unspecified atom stereocenters. The predicted molar refractivity (Wildman–Crippen MR) is 60.2 cm³/mol. The maximum Gasteiger partial charge on any atom is -0.00391 e. The minimum absolute atomic E-state index is 1.40. The van der Waals surface area contributed by atoms with E-state index in [1.54, 1.807) is 0 Å². The van der Waals surface area contributed by atoms with Crippen molar-refractivity contribution < 1.29 is 4.89 Å².